The number of hydrogen-bond donors (Lipinski definition) is 1. The molecule has 2 nitrogen and oxygen atoms in total. The normalized spacial score (nSPS) is 9.73. The fourth-order valence-corrected chi connectivity index (χ4v) is 1.31. The number of nitrogens with one attached hydrogen (secondary N) is 1. The molecule has 0 aliphatic heterocycles. The molecule has 0 saturated carbocycles. The monoisotopic (exact) mass is 223 g/mol. The van der Waals surface area contributed by atoms with E-state index in [0.29, 0.717) is 17.1 Å². The molecule has 0 aromatic heterocycles. The summed E-state index contributed by atoms with van der Waals surface area (Å²) in [6, 6.07) is 7.20. The van der Waals surface area contributed by atoms with E-state index in [1.165, 1.54) is 0 Å². The van der Waals surface area contributed by atoms with Crippen molar-refractivity contribution in [3.05, 3.63) is 41.4 Å². The van der Waals surface area contributed by atoms with Crippen LogP contribution < -0.4 is 5.32 Å². The third-order valence-corrected chi connectivity index (χ3v) is 2.21. The zero-order valence-electron chi connectivity index (χ0n) is 8.72. The predicted octanol–water partition coefficient (Wildman–Crippen LogP) is 3.23. The number of halogens is 1. The molecule has 1 N–H and O–H groups in total. The van der Waals surface area contributed by atoms with Crippen molar-refractivity contribution in [2.75, 3.05) is 0 Å². The highest BCUT2D eigenvalue weighted by Crippen LogP contribution is 2.14. The zero-order chi connectivity index (χ0) is 11.3. The van der Waals surface area contributed by atoms with Crippen LogP contribution in [0.15, 0.2) is 30.8 Å². The first-order chi connectivity index (χ1) is 7.13. The van der Waals surface area contributed by atoms with E-state index in [9.17, 15) is 4.79 Å². The van der Waals surface area contributed by atoms with E-state index in [2.05, 4.69) is 11.9 Å². The second-order valence-corrected chi connectivity index (χ2v) is 3.72. The van der Waals surface area contributed by atoms with Gasteiger partial charge in [-0.1, -0.05) is 37.2 Å². The molecule has 0 fully saturated rings. The molecule has 0 radical (unpaired) electrons. The summed E-state index contributed by atoms with van der Waals surface area (Å²) in [5, 5.41) is 3.41. The summed E-state index contributed by atoms with van der Waals surface area (Å²) in [7, 11) is 0. The lowest BCUT2D eigenvalue weighted by atomic mass is 10.1. The SMILES string of the molecule is C=C(NC(=O)CCC)c1ccc(Cl)cc1. The van der Waals surface area contributed by atoms with Crippen molar-refractivity contribution >= 4 is 23.2 Å². The lowest BCUT2D eigenvalue weighted by Gasteiger charge is -2.07. The van der Waals surface area contributed by atoms with E-state index in [1.807, 2.05) is 19.1 Å². The lowest BCUT2D eigenvalue weighted by molar-refractivity contribution is -0.119. The minimum atomic E-state index is -0.00236. The maximum absolute atomic E-state index is 11.3. The van der Waals surface area contributed by atoms with Crippen LogP contribution in [0, 0.1) is 0 Å². The second kappa shape index (κ2) is 5.56. The van der Waals surface area contributed by atoms with Gasteiger partial charge >= 0.3 is 0 Å². The Hall–Kier alpha value is -1.28. The van der Waals surface area contributed by atoms with E-state index in [-0.39, 0.29) is 5.91 Å². The minimum absolute atomic E-state index is 0.00236. The number of rotatable bonds is 4. The van der Waals surface area contributed by atoms with Crippen LogP contribution in [0.3, 0.4) is 0 Å². The number of hydrogen-bond acceptors (Lipinski definition) is 1. The van der Waals surface area contributed by atoms with Crippen LogP contribution in [0.25, 0.3) is 5.70 Å². The molecule has 0 aliphatic carbocycles. The molecule has 0 heterocycles. The molecule has 1 rings (SSSR count). The van der Waals surface area contributed by atoms with Crippen LogP contribution in [0.4, 0.5) is 0 Å². The topological polar surface area (TPSA) is 29.1 Å². The van der Waals surface area contributed by atoms with Crippen molar-refractivity contribution in [1.29, 1.82) is 0 Å². The Labute approximate surface area is 94.9 Å². The Bertz CT molecular complexity index is 356. The number of benzene rings is 1. The number of carbonyl (C=O) groups is 1. The van der Waals surface area contributed by atoms with Crippen LogP contribution in [0.2, 0.25) is 5.02 Å². The van der Waals surface area contributed by atoms with Gasteiger partial charge in [-0.2, -0.15) is 0 Å². The van der Waals surface area contributed by atoms with Gasteiger partial charge in [-0.05, 0) is 24.1 Å². The van der Waals surface area contributed by atoms with E-state index >= 15 is 0 Å². The molecule has 0 aliphatic rings. The summed E-state index contributed by atoms with van der Waals surface area (Å²) in [6.07, 6.45) is 1.35. The third-order valence-electron chi connectivity index (χ3n) is 1.96. The molecular formula is C12H14ClNO. The van der Waals surface area contributed by atoms with Crippen LogP contribution in [0.5, 0.6) is 0 Å². The highest BCUT2D eigenvalue weighted by molar-refractivity contribution is 6.30. The van der Waals surface area contributed by atoms with Gasteiger partial charge in [0.05, 0.1) is 0 Å². The largest absolute Gasteiger partial charge is 0.326 e. The zero-order valence-corrected chi connectivity index (χ0v) is 9.47. The maximum atomic E-state index is 11.3. The van der Waals surface area contributed by atoms with Gasteiger partial charge < -0.3 is 5.32 Å². The van der Waals surface area contributed by atoms with Crippen LogP contribution in [0.1, 0.15) is 25.3 Å². The molecular weight excluding hydrogens is 210 g/mol. The van der Waals surface area contributed by atoms with Crippen molar-refractivity contribution in [3.8, 4) is 0 Å². The molecule has 1 aromatic carbocycles. The molecule has 0 bridgehead atoms. The van der Waals surface area contributed by atoms with Gasteiger partial charge in [-0.15, -0.1) is 0 Å². The molecule has 15 heavy (non-hydrogen) atoms. The molecule has 0 spiro atoms. The van der Waals surface area contributed by atoms with Crippen molar-refractivity contribution < 1.29 is 4.79 Å². The molecule has 3 heteroatoms. The van der Waals surface area contributed by atoms with E-state index in [4.69, 9.17) is 11.6 Å². The van der Waals surface area contributed by atoms with Gasteiger partial charge in [-0.25, -0.2) is 0 Å². The Balaban J connectivity index is 2.61. The van der Waals surface area contributed by atoms with Gasteiger partial charge in [0.25, 0.3) is 0 Å². The first-order valence-electron chi connectivity index (χ1n) is 4.88. The molecule has 0 unspecified atom stereocenters. The standard InChI is InChI=1S/C12H14ClNO/c1-3-4-12(15)14-9(2)10-5-7-11(13)8-6-10/h5-8H,2-4H2,1H3,(H,14,15). The first kappa shape index (κ1) is 11.8. The first-order valence-corrected chi connectivity index (χ1v) is 5.26. The Kier molecular flexibility index (Phi) is 4.37. The molecule has 0 saturated heterocycles. The summed E-state index contributed by atoms with van der Waals surface area (Å²) < 4.78 is 0. The predicted molar refractivity (Wildman–Crippen MR) is 63.5 cm³/mol. The fourth-order valence-electron chi connectivity index (χ4n) is 1.18. The van der Waals surface area contributed by atoms with Crippen LogP contribution in [-0.2, 0) is 4.79 Å². The highest BCUT2D eigenvalue weighted by atomic mass is 35.5. The van der Waals surface area contributed by atoms with E-state index in [1.54, 1.807) is 12.1 Å². The van der Waals surface area contributed by atoms with Gasteiger partial charge in [0.2, 0.25) is 5.91 Å². The molecule has 1 aromatic rings. The van der Waals surface area contributed by atoms with Crippen molar-refractivity contribution in [3.63, 3.8) is 0 Å². The second-order valence-electron chi connectivity index (χ2n) is 3.28. The van der Waals surface area contributed by atoms with Crippen molar-refractivity contribution in [1.82, 2.24) is 5.32 Å². The minimum Gasteiger partial charge on any atom is -0.326 e. The van der Waals surface area contributed by atoms with E-state index in [0.717, 1.165) is 12.0 Å². The quantitative estimate of drug-likeness (QED) is 0.835. The average molecular weight is 224 g/mol. The summed E-state index contributed by atoms with van der Waals surface area (Å²) >= 11 is 5.75. The van der Waals surface area contributed by atoms with Crippen molar-refractivity contribution in [2.45, 2.75) is 19.8 Å². The fraction of sp³-hybridized carbons (Fsp3) is 0.250. The Morgan fingerprint density at radius 1 is 1.40 bits per heavy atom. The summed E-state index contributed by atoms with van der Waals surface area (Å²) in [6.45, 7) is 5.76. The highest BCUT2D eigenvalue weighted by Gasteiger charge is 2.03. The van der Waals surface area contributed by atoms with Crippen LogP contribution >= 0.6 is 11.6 Å². The molecule has 0 atom stereocenters. The van der Waals surface area contributed by atoms with Gasteiger partial charge in [0.15, 0.2) is 0 Å². The maximum Gasteiger partial charge on any atom is 0.224 e. The summed E-state index contributed by atoms with van der Waals surface area (Å²) in [5.74, 6) is -0.00236. The van der Waals surface area contributed by atoms with Crippen LogP contribution in [-0.4, -0.2) is 5.91 Å². The van der Waals surface area contributed by atoms with Gasteiger partial charge in [0, 0.05) is 17.1 Å². The smallest absolute Gasteiger partial charge is 0.224 e. The van der Waals surface area contributed by atoms with Gasteiger partial charge in [-0.3, -0.25) is 4.79 Å². The average Bonchev–Trinajstić information content (AvgIpc) is 2.18. The van der Waals surface area contributed by atoms with Crippen molar-refractivity contribution in [2.24, 2.45) is 0 Å². The lowest BCUT2D eigenvalue weighted by Crippen LogP contribution is -2.20. The summed E-state index contributed by atoms with van der Waals surface area (Å²) in [4.78, 5) is 11.3. The molecule has 80 valence electrons. The third kappa shape index (κ3) is 3.76. The summed E-state index contributed by atoms with van der Waals surface area (Å²) in [5.41, 5.74) is 1.49. The van der Waals surface area contributed by atoms with Gasteiger partial charge in [0.1, 0.15) is 0 Å². The number of carbonyl (C=O) groups excluding carboxylic acids is 1. The Morgan fingerprint density at radius 2 is 2.00 bits per heavy atom. The van der Waals surface area contributed by atoms with E-state index < -0.39 is 0 Å². The molecule has 1 amide bonds. The number of amides is 1. The Morgan fingerprint density at radius 3 is 2.53 bits per heavy atom.